The molecule has 3 heterocycles. The summed E-state index contributed by atoms with van der Waals surface area (Å²) in [4.78, 5) is 6.54. The molecule has 1 aromatic carbocycles. The summed E-state index contributed by atoms with van der Waals surface area (Å²) in [6, 6.07) is 8.67. The predicted octanol–water partition coefficient (Wildman–Crippen LogP) is 4.92. The van der Waals surface area contributed by atoms with Crippen LogP contribution < -0.4 is 5.32 Å². The lowest BCUT2D eigenvalue weighted by molar-refractivity contribution is 0.628. The molecule has 23 heavy (non-hydrogen) atoms. The van der Waals surface area contributed by atoms with Gasteiger partial charge in [-0.3, -0.25) is 0 Å². The molecule has 0 unspecified atom stereocenters. The van der Waals surface area contributed by atoms with Crippen molar-refractivity contribution in [2.75, 3.05) is 5.32 Å². The molecule has 4 rings (SSSR count). The zero-order valence-electron chi connectivity index (χ0n) is 11.7. The molecule has 0 saturated carbocycles. The molecule has 8 heteroatoms. The Morgan fingerprint density at radius 1 is 1.30 bits per heavy atom. The zero-order valence-corrected chi connectivity index (χ0v) is 14.1. The van der Waals surface area contributed by atoms with Crippen molar-refractivity contribution in [2.45, 2.75) is 6.54 Å². The van der Waals surface area contributed by atoms with Crippen LogP contribution in [0.5, 0.6) is 0 Å². The maximum absolute atomic E-state index is 13.2. The monoisotopic (exact) mass is 364 g/mol. The summed E-state index contributed by atoms with van der Waals surface area (Å²) in [6.45, 7) is 0.745. The first-order valence-corrected chi connectivity index (χ1v) is 8.84. The Hall–Kier alpha value is -1.96. The van der Waals surface area contributed by atoms with Crippen molar-refractivity contribution < 1.29 is 4.39 Å². The Morgan fingerprint density at radius 3 is 2.96 bits per heavy atom. The number of thiophene rings is 1. The van der Waals surface area contributed by atoms with E-state index in [4.69, 9.17) is 11.6 Å². The quantitative estimate of drug-likeness (QED) is 0.558. The molecule has 0 aliphatic rings. The van der Waals surface area contributed by atoms with Gasteiger partial charge in [-0.15, -0.1) is 16.4 Å². The Bertz CT molecular complexity index is 930. The van der Waals surface area contributed by atoms with Gasteiger partial charge in [0, 0.05) is 10.4 Å². The maximum Gasteiger partial charge on any atom is 0.214 e. The van der Waals surface area contributed by atoms with Crippen LogP contribution in [0.2, 0.25) is 5.02 Å². The Balaban J connectivity index is 1.57. The van der Waals surface area contributed by atoms with Gasteiger partial charge < -0.3 is 5.32 Å². The lowest BCUT2D eigenvalue weighted by Crippen LogP contribution is -1.97. The third-order valence-corrected chi connectivity index (χ3v) is 5.30. The minimum Gasteiger partial charge on any atom is -0.355 e. The third kappa shape index (κ3) is 2.95. The standard InChI is InChI=1S/C15H10ClFN4S2/c16-11-6-9(3-4-12(11)17)13-8-21-15(19-13)23-14(20-21)18-7-10-2-1-5-22-10/h1-6,8H,7H2,(H,18,20). The van der Waals surface area contributed by atoms with Gasteiger partial charge in [0.1, 0.15) is 5.82 Å². The fraction of sp³-hybridized carbons (Fsp3) is 0.0667. The van der Waals surface area contributed by atoms with Crippen LogP contribution in [0, 0.1) is 5.82 Å². The third-order valence-electron chi connectivity index (χ3n) is 3.25. The highest BCUT2D eigenvalue weighted by Gasteiger charge is 2.11. The molecule has 0 bridgehead atoms. The first-order chi connectivity index (χ1) is 11.2. The van der Waals surface area contributed by atoms with E-state index in [0.29, 0.717) is 0 Å². The molecule has 0 radical (unpaired) electrons. The first-order valence-electron chi connectivity index (χ1n) is 6.77. The van der Waals surface area contributed by atoms with Crippen molar-refractivity contribution in [3.63, 3.8) is 0 Å². The normalized spacial score (nSPS) is 11.2. The van der Waals surface area contributed by atoms with Crippen LogP contribution in [0.25, 0.3) is 16.2 Å². The fourth-order valence-corrected chi connectivity index (χ4v) is 3.74. The summed E-state index contributed by atoms with van der Waals surface area (Å²) in [5.74, 6) is -0.436. The summed E-state index contributed by atoms with van der Waals surface area (Å²) >= 11 is 8.99. The molecule has 0 atom stereocenters. The number of rotatable bonds is 4. The van der Waals surface area contributed by atoms with Gasteiger partial charge in [0.2, 0.25) is 10.1 Å². The minimum absolute atomic E-state index is 0.0881. The van der Waals surface area contributed by atoms with E-state index >= 15 is 0 Å². The zero-order chi connectivity index (χ0) is 15.8. The molecular weight excluding hydrogens is 355 g/mol. The van der Waals surface area contributed by atoms with E-state index in [1.165, 1.54) is 22.3 Å². The molecule has 4 aromatic rings. The fourth-order valence-electron chi connectivity index (χ4n) is 2.14. The van der Waals surface area contributed by atoms with Crippen LogP contribution in [-0.2, 0) is 6.54 Å². The molecule has 0 spiro atoms. The van der Waals surface area contributed by atoms with Gasteiger partial charge in [-0.25, -0.2) is 13.9 Å². The van der Waals surface area contributed by atoms with E-state index in [2.05, 4.69) is 21.5 Å². The Morgan fingerprint density at radius 2 is 2.22 bits per heavy atom. The van der Waals surface area contributed by atoms with Gasteiger partial charge in [-0.05, 0) is 29.6 Å². The lowest BCUT2D eigenvalue weighted by atomic mass is 10.2. The summed E-state index contributed by atoms with van der Waals surface area (Å²) < 4.78 is 15.0. The second-order valence-corrected chi connectivity index (χ2v) is 7.22. The summed E-state index contributed by atoms with van der Waals surface area (Å²) in [5.41, 5.74) is 1.48. The predicted molar refractivity (Wildman–Crippen MR) is 92.9 cm³/mol. The molecule has 0 aliphatic carbocycles. The van der Waals surface area contributed by atoms with Gasteiger partial charge in [0.05, 0.1) is 23.5 Å². The molecule has 0 saturated heterocycles. The van der Waals surface area contributed by atoms with Crippen molar-refractivity contribution in [3.8, 4) is 11.3 Å². The second-order valence-electron chi connectivity index (χ2n) is 4.82. The number of nitrogens with one attached hydrogen (secondary N) is 1. The molecule has 0 fully saturated rings. The SMILES string of the molecule is Fc1ccc(-c2cn3nc(NCc4cccs4)sc3n2)cc1Cl. The second kappa shape index (κ2) is 5.92. The van der Waals surface area contributed by atoms with Crippen molar-refractivity contribution in [1.29, 1.82) is 0 Å². The van der Waals surface area contributed by atoms with Gasteiger partial charge in [0.25, 0.3) is 0 Å². The number of hydrogen-bond acceptors (Lipinski definition) is 5. The van der Waals surface area contributed by atoms with Crippen molar-refractivity contribution in [1.82, 2.24) is 14.6 Å². The van der Waals surface area contributed by atoms with E-state index in [1.54, 1.807) is 28.0 Å². The van der Waals surface area contributed by atoms with Gasteiger partial charge in [-0.2, -0.15) is 0 Å². The van der Waals surface area contributed by atoms with Crippen molar-refractivity contribution >= 4 is 44.4 Å². The number of aromatic nitrogens is 3. The van der Waals surface area contributed by atoms with E-state index in [9.17, 15) is 4.39 Å². The Kier molecular flexibility index (Phi) is 3.76. The molecule has 0 aliphatic heterocycles. The summed E-state index contributed by atoms with van der Waals surface area (Å²) in [7, 11) is 0. The summed E-state index contributed by atoms with van der Waals surface area (Å²) in [6.07, 6.45) is 1.81. The molecule has 116 valence electrons. The average molecular weight is 365 g/mol. The topological polar surface area (TPSA) is 42.2 Å². The van der Waals surface area contributed by atoms with Crippen LogP contribution >= 0.6 is 34.3 Å². The van der Waals surface area contributed by atoms with E-state index in [0.717, 1.165) is 27.9 Å². The number of imidazole rings is 1. The molecule has 0 amide bonds. The molecular formula is C15H10ClFN4S2. The largest absolute Gasteiger partial charge is 0.355 e. The van der Waals surface area contributed by atoms with Crippen LogP contribution in [0.15, 0.2) is 41.9 Å². The van der Waals surface area contributed by atoms with Crippen LogP contribution in [-0.4, -0.2) is 14.6 Å². The molecule has 3 aromatic heterocycles. The first kappa shape index (κ1) is 14.6. The average Bonchev–Trinajstić information content (AvgIpc) is 3.22. The van der Waals surface area contributed by atoms with Crippen molar-refractivity contribution in [2.24, 2.45) is 0 Å². The number of nitrogens with zero attached hydrogens (tertiary/aromatic N) is 3. The molecule has 1 N–H and O–H groups in total. The smallest absolute Gasteiger partial charge is 0.214 e. The highest BCUT2D eigenvalue weighted by atomic mass is 35.5. The van der Waals surface area contributed by atoms with Crippen molar-refractivity contribution in [3.05, 3.63) is 57.6 Å². The number of benzene rings is 1. The van der Waals surface area contributed by atoms with E-state index in [1.807, 2.05) is 17.6 Å². The van der Waals surface area contributed by atoms with E-state index < -0.39 is 5.82 Å². The van der Waals surface area contributed by atoms with Gasteiger partial charge >= 0.3 is 0 Å². The lowest BCUT2D eigenvalue weighted by Gasteiger charge is -1.99. The summed E-state index contributed by atoms with van der Waals surface area (Å²) in [5, 5.41) is 10.7. The van der Waals surface area contributed by atoms with Crippen LogP contribution in [0.3, 0.4) is 0 Å². The van der Waals surface area contributed by atoms with Crippen LogP contribution in [0.1, 0.15) is 4.88 Å². The van der Waals surface area contributed by atoms with Gasteiger partial charge in [0.15, 0.2) is 0 Å². The number of halogens is 2. The number of hydrogen-bond donors (Lipinski definition) is 1. The van der Waals surface area contributed by atoms with Crippen LogP contribution in [0.4, 0.5) is 9.52 Å². The van der Waals surface area contributed by atoms with E-state index in [-0.39, 0.29) is 5.02 Å². The Labute approximate surface area is 144 Å². The van der Waals surface area contributed by atoms with Gasteiger partial charge in [-0.1, -0.05) is 29.0 Å². The maximum atomic E-state index is 13.2. The number of anilines is 1. The molecule has 4 nitrogen and oxygen atoms in total. The highest BCUT2D eigenvalue weighted by Crippen LogP contribution is 2.27. The number of fused-ring (bicyclic) bond motifs is 1. The highest BCUT2D eigenvalue weighted by molar-refractivity contribution is 7.20. The minimum atomic E-state index is -0.436.